The molecule has 0 aromatic heterocycles. The van der Waals surface area contributed by atoms with Crippen LogP contribution in [0.4, 0.5) is 0 Å². The number of amides is 1. The summed E-state index contributed by atoms with van der Waals surface area (Å²) in [6.45, 7) is 9.17. The molecule has 1 fully saturated rings. The van der Waals surface area contributed by atoms with Gasteiger partial charge in [-0.05, 0) is 33.2 Å². The van der Waals surface area contributed by atoms with Crippen molar-refractivity contribution < 1.29 is 9.90 Å². The van der Waals surface area contributed by atoms with E-state index in [1.165, 1.54) is 12.8 Å². The number of carbonyl (C=O) groups excluding carboxylic acids is 1. The molecule has 0 aromatic rings. The molecular weight excluding hydrogens is 228 g/mol. The molecule has 18 heavy (non-hydrogen) atoms. The highest BCUT2D eigenvalue weighted by atomic mass is 16.3. The molecule has 0 aliphatic carbocycles. The van der Waals surface area contributed by atoms with E-state index in [-0.39, 0.29) is 5.91 Å². The van der Waals surface area contributed by atoms with Crippen LogP contribution >= 0.6 is 0 Å². The van der Waals surface area contributed by atoms with Gasteiger partial charge in [-0.15, -0.1) is 0 Å². The molecule has 1 aliphatic heterocycles. The molecule has 4 heteroatoms. The Morgan fingerprint density at radius 3 is 2.22 bits per heavy atom. The SMILES string of the molecule is CCN(CC(=O)N1CCCCCC1)CC(C)(C)O. The lowest BCUT2D eigenvalue weighted by Crippen LogP contribution is -2.45. The predicted octanol–water partition coefficient (Wildman–Crippen LogP) is 1.48. The minimum Gasteiger partial charge on any atom is -0.389 e. The molecule has 106 valence electrons. The second-order valence-corrected chi connectivity index (χ2v) is 5.91. The van der Waals surface area contributed by atoms with Crippen LogP contribution in [-0.2, 0) is 4.79 Å². The van der Waals surface area contributed by atoms with Crippen molar-refractivity contribution in [2.45, 2.75) is 52.1 Å². The fraction of sp³-hybridized carbons (Fsp3) is 0.929. The maximum absolute atomic E-state index is 12.2. The average Bonchev–Trinajstić information content (AvgIpc) is 2.54. The fourth-order valence-electron chi connectivity index (χ4n) is 2.44. The van der Waals surface area contributed by atoms with Crippen molar-refractivity contribution in [2.24, 2.45) is 0 Å². The Morgan fingerprint density at radius 1 is 1.22 bits per heavy atom. The summed E-state index contributed by atoms with van der Waals surface area (Å²) in [6, 6.07) is 0. The van der Waals surface area contributed by atoms with E-state index >= 15 is 0 Å². The summed E-state index contributed by atoms with van der Waals surface area (Å²) in [7, 11) is 0. The van der Waals surface area contributed by atoms with Crippen molar-refractivity contribution in [1.82, 2.24) is 9.80 Å². The fourth-order valence-corrected chi connectivity index (χ4v) is 2.44. The van der Waals surface area contributed by atoms with Gasteiger partial charge < -0.3 is 10.0 Å². The van der Waals surface area contributed by atoms with Gasteiger partial charge in [0.2, 0.25) is 5.91 Å². The lowest BCUT2D eigenvalue weighted by atomic mass is 10.1. The molecule has 0 saturated carbocycles. The van der Waals surface area contributed by atoms with Crippen molar-refractivity contribution in [3.8, 4) is 0 Å². The van der Waals surface area contributed by atoms with Crippen LogP contribution in [0.25, 0.3) is 0 Å². The van der Waals surface area contributed by atoms with Gasteiger partial charge in [-0.25, -0.2) is 0 Å². The number of nitrogens with zero attached hydrogens (tertiary/aromatic N) is 2. The van der Waals surface area contributed by atoms with Crippen LogP contribution in [0.5, 0.6) is 0 Å². The summed E-state index contributed by atoms with van der Waals surface area (Å²) in [5, 5.41) is 9.82. The first-order valence-corrected chi connectivity index (χ1v) is 7.15. The monoisotopic (exact) mass is 256 g/mol. The van der Waals surface area contributed by atoms with E-state index in [1.807, 2.05) is 16.7 Å². The van der Waals surface area contributed by atoms with Gasteiger partial charge in [-0.1, -0.05) is 19.8 Å². The third-order valence-electron chi connectivity index (χ3n) is 3.38. The molecule has 1 rings (SSSR count). The summed E-state index contributed by atoms with van der Waals surface area (Å²) in [6.07, 6.45) is 4.74. The molecule has 0 unspecified atom stereocenters. The van der Waals surface area contributed by atoms with Crippen molar-refractivity contribution in [3.63, 3.8) is 0 Å². The number of likely N-dealkylation sites (tertiary alicyclic amines) is 1. The first kappa shape index (κ1) is 15.4. The maximum Gasteiger partial charge on any atom is 0.236 e. The second kappa shape index (κ2) is 7.10. The number of rotatable bonds is 5. The van der Waals surface area contributed by atoms with Gasteiger partial charge in [0.15, 0.2) is 0 Å². The van der Waals surface area contributed by atoms with Crippen LogP contribution in [0.15, 0.2) is 0 Å². The van der Waals surface area contributed by atoms with Gasteiger partial charge in [-0.2, -0.15) is 0 Å². The standard InChI is InChI=1S/C14H28N2O2/c1-4-15(12-14(2,3)18)11-13(17)16-9-7-5-6-8-10-16/h18H,4-12H2,1-3H3. The van der Waals surface area contributed by atoms with E-state index in [4.69, 9.17) is 0 Å². The van der Waals surface area contributed by atoms with Crippen LogP contribution in [0.1, 0.15) is 46.5 Å². The third-order valence-corrected chi connectivity index (χ3v) is 3.38. The Kier molecular flexibility index (Phi) is 6.09. The van der Waals surface area contributed by atoms with E-state index in [1.54, 1.807) is 13.8 Å². The molecular formula is C14H28N2O2. The smallest absolute Gasteiger partial charge is 0.236 e. The molecule has 0 bridgehead atoms. The number of hydrogen-bond acceptors (Lipinski definition) is 3. The number of likely N-dealkylation sites (N-methyl/N-ethyl adjacent to an activating group) is 1. The van der Waals surface area contributed by atoms with E-state index in [0.29, 0.717) is 13.1 Å². The zero-order valence-corrected chi connectivity index (χ0v) is 12.1. The highest BCUT2D eigenvalue weighted by Crippen LogP contribution is 2.11. The van der Waals surface area contributed by atoms with Gasteiger partial charge in [0, 0.05) is 19.6 Å². The lowest BCUT2D eigenvalue weighted by molar-refractivity contribution is -0.132. The van der Waals surface area contributed by atoms with Crippen LogP contribution in [0.2, 0.25) is 0 Å². The highest BCUT2D eigenvalue weighted by molar-refractivity contribution is 5.78. The predicted molar refractivity (Wildman–Crippen MR) is 73.5 cm³/mol. The minimum absolute atomic E-state index is 0.211. The molecule has 0 aromatic carbocycles. The molecule has 0 spiro atoms. The zero-order valence-electron chi connectivity index (χ0n) is 12.1. The number of hydrogen-bond donors (Lipinski definition) is 1. The van der Waals surface area contributed by atoms with Gasteiger partial charge in [0.25, 0.3) is 0 Å². The number of carbonyl (C=O) groups is 1. The van der Waals surface area contributed by atoms with Gasteiger partial charge >= 0.3 is 0 Å². The van der Waals surface area contributed by atoms with Crippen LogP contribution in [0.3, 0.4) is 0 Å². The molecule has 1 amide bonds. The first-order chi connectivity index (χ1) is 8.42. The Balaban J connectivity index is 2.45. The molecule has 1 N–H and O–H groups in total. The van der Waals surface area contributed by atoms with Crippen molar-refractivity contribution in [1.29, 1.82) is 0 Å². The zero-order chi connectivity index (χ0) is 13.6. The van der Waals surface area contributed by atoms with Gasteiger partial charge in [-0.3, -0.25) is 9.69 Å². The minimum atomic E-state index is -0.741. The number of aliphatic hydroxyl groups is 1. The van der Waals surface area contributed by atoms with E-state index in [0.717, 1.165) is 32.5 Å². The molecule has 0 atom stereocenters. The Morgan fingerprint density at radius 2 is 1.78 bits per heavy atom. The normalized spacial score (nSPS) is 17.9. The van der Waals surface area contributed by atoms with Crippen molar-refractivity contribution in [3.05, 3.63) is 0 Å². The lowest BCUT2D eigenvalue weighted by Gasteiger charge is -2.29. The van der Waals surface area contributed by atoms with E-state index < -0.39 is 5.60 Å². The molecule has 1 saturated heterocycles. The van der Waals surface area contributed by atoms with E-state index in [2.05, 4.69) is 0 Å². The van der Waals surface area contributed by atoms with Crippen molar-refractivity contribution >= 4 is 5.91 Å². The van der Waals surface area contributed by atoms with Gasteiger partial charge in [0.05, 0.1) is 12.1 Å². The summed E-state index contributed by atoms with van der Waals surface area (Å²) < 4.78 is 0. The summed E-state index contributed by atoms with van der Waals surface area (Å²) >= 11 is 0. The quantitative estimate of drug-likeness (QED) is 0.810. The van der Waals surface area contributed by atoms with Gasteiger partial charge in [0.1, 0.15) is 0 Å². The van der Waals surface area contributed by atoms with Crippen LogP contribution in [-0.4, -0.2) is 59.1 Å². The second-order valence-electron chi connectivity index (χ2n) is 5.91. The van der Waals surface area contributed by atoms with Crippen LogP contribution < -0.4 is 0 Å². The highest BCUT2D eigenvalue weighted by Gasteiger charge is 2.22. The van der Waals surface area contributed by atoms with Crippen molar-refractivity contribution in [2.75, 3.05) is 32.7 Å². The Bertz CT molecular complexity index is 253. The molecule has 4 nitrogen and oxygen atoms in total. The van der Waals surface area contributed by atoms with E-state index in [9.17, 15) is 9.90 Å². The first-order valence-electron chi connectivity index (χ1n) is 7.15. The Labute approximate surface area is 111 Å². The molecule has 1 aliphatic rings. The third kappa shape index (κ3) is 5.83. The van der Waals surface area contributed by atoms with Crippen LogP contribution in [0, 0.1) is 0 Å². The Hall–Kier alpha value is -0.610. The molecule has 1 heterocycles. The molecule has 0 radical (unpaired) electrons. The summed E-state index contributed by atoms with van der Waals surface area (Å²) in [4.78, 5) is 16.2. The largest absolute Gasteiger partial charge is 0.389 e. The summed E-state index contributed by atoms with van der Waals surface area (Å²) in [5.41, 5.74) is -0.741. The maximum atomic E-state index is 12.2. The average molecular weight is 256 g/mol. The topological polar surface area (TPSA) is 43.8 Å². The summed E-state index contributed by atoms with van der Waals surface area (Å²) in [5.74, 6) is 0.211.